The van der Waals surface area contributed by atoms with Crippen molar-refractivity contribution in [1.82, 2.24) is 5.32 Å². The SMILES string of the molecule is CC(C)(C)C1NCC12CCN(c1c(OCOCC[Si](C)(C)C)ccc(Cl)c1Cl)CC2. The number of nitrogens with zero attached hydrogens (tertiary/aromatic N) is 1. The summed E-state index contributed by atoms with van der Waals surface area (Å²) >= 11 is 13.0. The molecule has 4 nitrogen and oxygen atoms in total. The molecule has 7 heteroatoms. The van der Waals surface area contributed by atoms with Gasteiger partial charge in [-0.1, -0.05) is 63.6 Å². The second-order valence-electron chi connectivity index (χ2n) is 11.2. The molecule has 170 valence electrons. The summed E-state index contributed by atoms with van der Waals surface area (Å²) in [6.07, 6.45) is 2.30. The highest BCUT2D eigenvalue weighted by Crippen LogP contribution is 2.49. The van der Waals surface area contributed by atoms with Crippen molar-refractivity contribution in [2.24, 2.45) is 10.8 Å². The Balaban J connectivity index is 1.65. The number of rotatable bonds is 7. The Labute approximate surface area is 193 Å². The van der Waals surface area contributed by atoms with Gasteiger partial charge in [-0.25, -0.2) is 0 Å². The Morgan fingerprint density at radius 2 is 1.83 bits per heavy atom. The molecule has 0 bridgehead atoms. The number of piperidine rings is 1. The first-order valence-corrected chi connectivity index (χ1v) is 15.6. The van der Waals surface area contributed by atoms with Gasteiger partial charge in [0.25, 0.3) is 0 Å². The normalized spacial score (nSPS) is 21.6. The van der Waals surface area contributed by atoms with Crippen LogP contribution in [0, 0.1) is 10.8 Å². The van der Waals surface area contributed by atoms with Crippen LogP contribution in [0.4, 0.5) is 5.69 Å². The van der Waals surface area contributed by atoms with Crippen LogP contribution < -0.4 is 15.0 Å². The van der Waals surface area contributed by atoms with Crippen molar-refractivity contribution in [3.05, 3.63) is 22.2 Å². The van der Waals surface area contributed by atoms with Crippen LogP contribution in [-0.4, -0.2) is 47.1 Å². The Hall–Kier alpha value is -0.463. The molecule has 1 N–H and O–H groups in total. The maximum Gasteiger partial charge on any atom is 0.189 e. The lowest BCUT2D eigenvalue weighted by Gasteiger charge is -2.59. The molecule has 2 fully saturated rings. The smallest absolute Gasteiger partial charge is 0.189 e. The van der Waals surface area contributed by atoms with E-state index in [-0.39, 0.29) is 12.2 Å². The Bertz CT molecular complexity index is 738. The molecule has 1 unspecified atom stereocenters. The summed E-state index contributed by atoms with van der Waals surface area (Å²) < 4.78 is 11.8. The van der Waals surface area contributed by atoms with E-state index in [0.29, 0.717) is 21.5 Å². The van der Waals surface area contributed by atoms with Crippen LogP contribution in [0.5, 0.6) is 5.75 Å². The topological polar surface area (TPSA) is 33.7 Å². The van der Waals surface area contributed by atoms with E-state index in [1.807, 2.05) is 12.1 Å². The van der Waals surface area contributed by atoms with Crippen molar-refractivity contribution in [2.45, 2.75) is 65.3 Å². The molecule has 2 aliphatic heterocycles. The van der Waals surface area contributed by atoms with E-state index in [1.165, 1.54) is 0 Å². The number of anilines is 1. The maximum atomic E-state index is 6.65. The van der Waals surface area contributed by atoms with E-state index < -0.39 is 8.07 Å². The van der Waals surface area contributed by atoms with Crippen LogP contribution in [0.1, 0.15) is 33.6 Å². The average molecular weight is 474 g/mol. The highest BCUT2D eigenvalue weighted by molar-refractivity contribution is 6.76. The summed E-state index contributed by atoms with van der Waals surface area (Å²) in [6.45, 7) is 18.0. The molecule has 0 aromatic heterocycles. The zero-order chi connectivity index (χ0) is 22.2. The predicted octanol–water partition coefficient (Wildman–Crippen LogP) is 6.29. The van der Waals surface area contributed by atoms with Crippen molar-refractivity contribution < 1.29 is 9.47 Å². The summed E-state index contributed by atoms with van der Waals surface area (Å²) in [6, 6.07) is 5.42. The van der Waals surface area contributed by atoms with Crippen LogP contribution in [0.15, 0.2) is 12.1 Å². The molecule has 1 aromatic rings. The molecule has 0 amide bonds. The average Bonchev–Trinajstić information content (AvgIpc) is 2.61. The zero-order valence-corrected chi connectivity index (χ0v) is 21.9. The zero-order valence-electron chi connectivity index (χ0n) is 19.4. The summed E-state index contributed by atoms with van der Waals surface area (Å²) in [5.41, 5.74) is 1.57. The van der Waals surface area contributed by atoms with Gasteiger partial charge in [0.15, 0.2) is 6.79 Å². The van der Waals surface area contributed by atoms with Gasteiger partial charge in [-0.3, -0.25) is 0 Å². The highest BCUT2D eigenvalue weighted by atomic mass is 35.5. The molecule has 2 saturated heterocycles. The van der Waals surface area contributed by atoms with Crippen LogP contribution in [0.3, 0.4) is 0 Å². The number of hydrogen-bond donors (Lipinski definition) is 1. The number of nitrogens with one attached hydrogen (secondary N) is 1. The summed E-state index contributed by atoms with van der Waals surface area (Å²) in [5, 5.41) is 4.82. The number of halogens is 2. The fourth-order valence-electron chi connectivity index (χ4n) is 4.83. The molecule has 1 aromatic carbocycles. The lowest BCUT2D eigenvalue weighted by molar-refractivity contribution is -0.0137. The van der Waals surface area contributed by atoms with Gasteiger partial charge in [0.1, 0.15) is 5.75 Å². The molecule has 30 heavy (non-hydrogen) atoms. The van der Waals surface area contributed by atoms with E-state index in [0.717, 1.165) is 56.6 Å². The van der Waals surface area contributed by atoms with Crippen LogP contribution in [0.25, 0.3) is 0 Å². The molecule has 3 rings (SSSR count). The van der Waals surface area contributed by atoms with E-state index in [4.69, 9.17) is 32.7 Å². The van der Waals surface area contributed by atoms with Crippen LogP contribution in [0.2, 0.25) is 35.7 Å². The second-order valence-corrected chi connectivity index (χ2v) is 17.6. The third-order valence-corrected chi connectivity index (χ3v) is 9.04. The van der Waals surface area contributed by atoms with Gasteiger partial charge in [0.2, 0.25) is 0 Å². The number of benzene rings is 1. The predicted molar refractivity (Wildman–Crippen MR) is 131 cm³/mol. The number of ether oxygens (including phenoxy) is 2. The Morgan fingerprint density at radius 3 is 2.37 bits per heavy atom. The molecule has 0 radical (unpaired) electrons. The van der Waals surface area contributed by atoms with Gasteiger partial charge < -0.3 is 19.7 Å². The first-order valence-electron chi connectivity index (χ1n) is 11.1. The van der Waals surface area contributed by atoms with Gasteiger partial charge >= 0.3 is 0 Å². The summed E-state index contributed by atoms with van der Waals surface area (Å²) in [7, 11) is -1.10. The minimum atomic E-state index is -1.10. The molecule has 0 aliphatic carbocycles. The fraction of sp³-hybridized carbons (Fsp3) is 0.739. The first-order chi connectivity index (χ1) is 13.9. The van der Waals surface area contributed by atoms with Crippen LogP contribution >= 0.6 is 23.2 Å². The highest BCUT2D eigenvalue weighted by Gasteiger charge is 2.52. The monoisotopic (exact) mass is 472 g/mol. The standard InChI is InChI=1S/C23H38Cl2N2O2Si/c1-22(2,3)21-23(15-26-21)9-11-27(12-10-23)20-18(8-7-17(24)19(20)25)29-16-28-13-14-30(4,5)6/h7-8,21,26H,9-16H2,1-6H3. The van der Waals surface area contributed by atoms with E-state index in [9.17, 15) is 0 Å². The fourth-order valence-corrected chi connectivity index (χ4v) is 6.02. The van der Waals surface area contributed by atoms with Gasteiger partial charge in [0, 0.05) is 45.8 Å². The third-order valence-electron chi connectivity index (χ3n) is 6.54. The Kier molecular flexibility index (Phi) is 7.40. The van der Waals surface area contributed by atoms with Crippen molar-refractivity contribution >= 4 is 37.0 Å². The van der Waals surface area contributed by atoms with Gasteiger partial charge in [-0.05, 0) is 36.4 Å². The molecule has 0 saturated carbocycles. The second kappa shape index (κ2) is 9.19. The summed E-state index contributed by atoms with van der Waals surface area (Å²) in [5.74, 6) is 0.757. The van der Waals surface area contributed by atoms with Crippen molar-refractivity contribution in [3.63, 3.8) is 0 Å². The molecule has 2 heterocycles. The van der Waals surface area contributed by atoms with Gasteiger partial charge in [0.05, 0.1) is 15.7 Å². The minimum Gasteiger partial charge on any atom is -0.465 e. The number of hydrogen-bond acceptors (Lipinski definition) is 4. The Morgan fingerprint density at radius 1 is 1.17 bits per heavy atom. The quantitative estimate of drug-likeness (QED) is 0.287. The van der Waals surface area contributed by atoms with Gasteiger partial charge in [-0.15, -0.1) is 0 Å². The van der Waals surface area contributed by atoms with Crippen LogP contribution in [-0.2, 0) is 4.74 Å². The lowest BCUT2D eigenvalue weighted by atomic mass is 9.59. The van der Waals surface area contributed by atoms with E-state index in [1.54, 1.807) is 0 Å². The van der Waals surface area contributed by atoms with Crippen molar-refractivity contribution in [2.75, 3.05) is 37.9 Å². The first kappa shape index (κ1) is 24.2. The molecular weight excluding hydrogens is 435 g/mol. The lowest BCUT2D eigenvalue weighted by Crippen LogP contribution is -2.69. The molecule has 2 aliphatic rings. The summed E-state index contributed by atoms with van der Waals surface area (Å²) in [4.78, 5) is 2.34. The van der Waals surface area contributed by atoms with E-state index in [2.05, 4.69) is 50.6 Å². The maximum absolute atomic E-state index is 6.65. The largest absolute Gasteiger partial charge is 0.465 e. The molecule has 1 spiro atoms. The van der Waals surface area contributed by atoms with Gasteiger partial charge in [-0.2, -0.15) is 0 Å². The van der Waals surface area contributed by atoms with E-state index >= 15 is 0 Å². The minimum absolute atomic E-state index is 0.239. The molecule has 1 atom stereocenters. The van der Waals surface area contributed by atoms with Crippen molar-refractivity contribution in [1.29, 1.82) is 0 Å². The van der Waals surface area contributed by atoms with Crippen molar-refractivity contribution in [3.8, 4) is 5.75 Å². The molecular formula is C23H38Cl2N2O2Si. The third kappa shape index (κ3) is 5.47.